The first-order valence-electron chi connectivity index (χ1n) is 9.94. The third-order valence-electron chi connectivity index (χ3n) is 5.42. The summed E-state index contributed by atoms with van der Waals surface area (Å²) in [6.07, 6.45) is 0.669. The minimum absolute atomic E-state index is 0.142. The first kappa shape index (κ1) is 20.7. The second-order valence-electron chi connectivity index (χ2n) is 7.47. The number of nitrogens with one attached hydrogen (secondary N) is 1. The van der Waals surface area contributed by atoms with Gasteiger partial charge >= 0.3 is 0 Å². The Morgan fingerprint density at radius 1 is 1.03 bits per heavy atom. The second kappa shape index (κ2) is 8.09. The van der Waals surface area contributed by atoms with E-state index < -0.39 is 15.9 Å². The number of nitrogens with zero attached hydrogens (tertiary/aromatic N) is 2. The van der Waals surface area contributed by atoms with Crippen LogP contribution >= 0.6 is 11.3 Å². The molecule has 0 saturated heterocycles. The van der Waals surface area contributed by atoms with E-state index in [2.05, 4.69) is 10.3 Å². The van der Waals surface area contributed by atoms with Gasteiger partial charge in [0, 0.05) is 18.7 Å². The molecule has 0 unspecified atom stereocenters. The largest absolute Gasteiger partial charge is 0.298 e. The number of rotatable bonds is 4. The lowest BCUT2D eigenvalue weighted by atomic mass is 10.0. The predicted octanol–water partition coefficient (Wildman–Crippen LogP) is 4.43. The number of hydrogen-bond donors (Lipinski definition) is 1. The number of anilines is 1. The molecule has 5 rings (SSSR count). The third kappa shape index (κ3) is 3.90. The molecule has 162 valence electrons. The van der Waals surface area contributed by atoms with Gasteiger partial charge in [0.15, 0.2) is 5.13 Å². The second-order valence-corrected chi connectivity index (χ2v) is 10.4. The summed E-state index contributed by atoms with van der Waals surface area (Å²) in [6.45, 7) is 0.749. The molecule has 3 aromatic carbocycles. The molecule has 0 atom stereocenters. The smallest absolute Gasteiger partial charge is 0.257 e. The van der Waals surface area contributed by atoms with E-state index in [-0.39, 0.29) is 10.7 Å². The Kier molecular flexibility index (Phi) is 5.24. The lowest BCUT2D eigenvalue weighted by molar-refractivity contribution is 0.102. The Labute approximate surface area is 188 Å². The highest BCUT2D eigenvalue weighted by Gasteiger charge is 2.28. The number of benzene rings is 3. The summed E-state index contributed by atoms with van der Waals surface area (Å²) in [4.78, 5) is 17.0. The number of carbonyl (C=O) groups is 1. The zero-order chi connectivity index (χ0) is 22.3. The van der Waals surface area contributed by atoms with Crippen molar-refractivity contribution in [2.24, 2.45) is 0 Å². The van der Waals surface area contributed by atoms with Crippen LogP contribution in [0.15, 0.2) is 71.6 Å². The van der Waals surface area contributed by atoms with E-state index in [4.69, 9.17) is 0 Å². The van der Waals surface area contributed by atoms with Crippen molar-refractivity contribution in [3.8, 4) is 0 Å². The molecule has 0 spiro atoms. The van der Waals surface area contributed by atoms with Crippen molar-refractivity contribution in [1.82, 2.24) is 9.29 Å². The fourth-order valence-electron chi connectivity index (χ4n) is 3.72. The van der Waals surface area contributed by atoms with Gasteiger partial charge in [0.05, 0.1) is 15.1 Å². The Balaban J connectivity index is 1.32. The van der Waals surface area contributed by atoms with Crippen LogP contribution in [0, 0.1) is 5.82 Å². The average Bonchev–Trinajstić information content (AvgIpc) is 3.20. The molecule has 9 heteroatoms. The zero-order valence-corrected chi connectivity index (χ0v) is 18.4. The number of thiazole rings is 1. The fraction of sp³-hybridized carbons (Fsp3) is 0.130. The zero-order valence-electron chi connectivity index (χ0n) is 16.8. The van der Waals surface area contributed by atoms with E-state index >= 15 is 0 Å². The van der Waals surface area contributed by atoms with Gasteiger partial charge in [0.25, 0.3) is 5.91 Å². The highest BCUT2D eigenvalue weighted by molar-refractivity contribution is 7.89. The van der Waals surface area contributed by atoms with Crippen LogP contribution in [0.3, 0.4) is 0 Å². The Morgan fingerprint density at radius 3 is 2.56 bits per heavy atom. The maximum absolute atomic E-state index is 13.4. The quantitative estimate of drug-likeness (QED) is 0.481. The van der Waals surface area contributed by atoms with E-state index in [1.807, 2.05) is 24.3 Å². The number of sulfonamides is 1. The van der Waals surface area contributed by atoms with Crippen LogP contribution in [0.25, 0.3) is 10.2 Å². The van der Waals surface area contributed by atoms with Crippen LogP contribution in [-0.2, 0) is 23.0 Å². The molecule has 2 heterocycles. The van der Waals surface area contributed by atoms with Crippen LogP contribution in [0.4, 0.5) is 9.52 Å². The standard InChI is InChI=1S/C23H18FN3O3S2/c24-18-7-10-20-21(13-18)31-23(25-20)26-22(28)16-5-8-19(9-6-16)32(29,30)27-12-11-15-3-1-2-4-17(15)14-27/h1-10,13H,11-12,14H2,(H,25,26,28). The van der Waals surface area contributed by atoms with Crippen LogP contribution in [0.1, 0.15) is 21.5 Å². The molecule has 1 aliphatic heterocycles. The van der Waals surface area contributed by atoms with Crippen LogP contribution in [0.5, 0.6) is 0 Å². The lowest BCUT2D eigenvalue weighted by Crippen LogP contribution is -2.35. The van der Waals surface area contributed by atoms with Gasteiger partial charge in [-0.1, -0.05) is 35.6 Å². The summed E-state index contributed by atoms with van der Waals surface area (Å²) in [6, 6.07) is 17.9. The van der Waals surface area contributed by atoms with Gasteiger partial charge < -0.3 is 0 Å². The molecule has 0 fully saturated rings. The van der Waals surface area contributed by atoms with Crippen molar-refractivity contribution in [1.29, 1.82) is 0 Å². The minimum atomic E-state index is -3.67. The first-order valence-corrected chi connectivity index (χ1v) is 12.2. The van der Waals surface area contributed by atoms with Gasteiger partial charge in [0.1, 0.15) is 5.82 Å². The van der Waals surface area contributed by atoms with Gasteiger partial charge in [-0.15, -0.1) is 0 Å². The van der Waals surface area contributed by atoms with Gasteiger partial charge in [-0.25, -0.2) is 17.8 Å². The van der Waals surface area contributed by atoms with Crippen molar-refractivity contribution in [2.75, 3.05) is 11.9 Å². The number of aromatic nitrogens is 1. The van der Waals surface area contributed by atoms with Gasteiger partial charge in [-0.2, -0.15) is 4.31 Å². The highest BCUT2D eigenvalue weighted by atomic mass is 32.2. The summed E-state index contributed by atoms with van der Waals surface area (Å²) in [5.41, 5.74) is 3.08. The molecule has 0 aliphatic carbocycles. The van der Waals surface area contributed by atoms with E-state index in [1.54, 1.807) is 6.07 Å². The van der Waals surface area contributed by atoms with E-state index in [0.717, 1.165) is 5.56 Å². The monoisotopic (exact) mass is 467 g/mol. The summed E-state index contributed by atoms with van der Waals surface area (Å²) in [5, 5.41) is 3.03. The molecule has 1 N–H and O–H groups in total. The van der Waals surface area contributed by atoms with Crippen LogP contribution in [0.2, 0.25) is 0 Å². The normalized spacial score (nSPS) is 14.3. The summed E-state index contributed by atoms with van der Waals surface area (Å²) in [5.74, 6) is -0.784. The molecular formula is C23H18FN3O3S2. The lowest BCUT2D eigenvalue weighted by Gasteiger charge is -2.28. The molecule has 1 aliphatic rings. The number of halogens is 1. The maximum atomic E-state index is 13.4. The Bertz CT molecular complexity index is 1430. The maximum Gasteiger partial charge on any atom is 0.257 e. The molecule has 1 amide bonds. The van der Waals surface area contributed by atoms with Crippen molar-refractivity contribution in [3.05, 3.63) is 89.2 Å². The van der Waals surface area contributed by atoms with Gasteiger partial charge in [-0.05, 0) is 60.0 Å². The van der Waals surface area contributed by atoms with Crippen molar-refractivity contribution >= 4 is 42.6 Å². The summed E-state index contributed by atoms with van der Waals surface area (Å²) >= 11 is 1.17. The number of fused-ring (bicyclic) bond motifs is 2. The van der Waals surface area contributed by atoms with Crippen molar-refractivity contribution in [3.63, 3.8) is 0 Å². The number of carbonyl (C=O) groups excluding carboxylic acids is 1. The molecule has 4 aromatic rings. The summed E-state index contributed by atoms with van der Waals surface area (Å²) in [7, 11) is -3.67. The number of amides is 1. The molecular weight excluding hydrogens is 449 g/mol. The van der Waals surface area contributed by atoms with E-state index in [0.29, 0.717) is 40.4 Å². The summed E-state index contributed by atoms with van der Waals surface area (Å²) < 4.78 is 41.6. The number of hydrogen-bond acceptors (Lipinski definition) is 5. The van der Waals surface area contributed by atoms with Crippen molar-refractivity contribution < 1.29 is 17.6 Å². The van der Waals surface area contributed by atoms with Gasteiger partial charge in [0.2, 0.25) is 10.0 Å². The third-order valence-corrected chi connectivity index (χ3v) is 8.21. The molecule has 0 bridgehead atoms. The molecule has 0 saturated carbocycles. The molecule has 32 heavy (non-hydrogen) atoms. The molecule has 0 radical (unpaired) electrons. The highest BCUT2D eigenvalue weighted by Crippen LogP contribution is 2.28. The predicted molar refractivity (Wildman–Crippen MR) is 122 cm³/mol. The van der Waals surface area contributed by atoms with E-state index in [1.165, 1.54) is 57.6 Å². The Morgan fingerprint density at radius 2 is 1.78 bits per heavy atom. The molecule has 6 nitrogen and oxygen atoms in total. The Hall–Kier alpha value is -3.14. The van der Waals surface area contributed by atoms with Crippen LogP contribution in [-0.4, -0.2) is 30.2 Å². The van der Waals surface area contributed by atoms with Gasteiger partial charge in [-0.3, -0.25) is 10.1 Å². The average molecular weight is 468 g/mol. The fourth-order valence-corrected chi connectivity index (χ4v) is 6.03. The van der Waals surface area contributed by atoms with Crippen molar-refractivity contribution in [2.45, 2.75) is 17.9 Å². The minimum Gasteiger partial charge on any atom is -0.298 e. The first-order chi connectivity index (χ1) is 15.4. The van der Waals surface area contributed by atoms with E-state index in [9.17, 15) is 17.6 Å². The SMILES string of the molecule is O=C(Nc1nc2ccc(F)cc2s1)c1ccc(S(=O)(=O)N2CCc3ccccc3C2)cc1. The van der Waals surface area contributed by atoms with Crippen LogP contribution < -0.4 is 5.32 Å². The topological polar surface area (TPSA) is 79.4 Å². The molecule has 1 aromatic heterocycles.